The van der Waals surface area contributed by atoms with Crippen molar-refractivity contribution in [3.05, 3.63) is 176 Å². The first-order chi connectivity index (χ1) is 29.4. The summed E-state index contributed by atoms with van der Waals surface area (Å²) >= 11 is 0. The Bertz CT molecular complexity index is 2190. The zero-order valence-corrected chi connectivity index (χ0v) is 33.1. The van der Waals surface area contributed by atoms with E-state index < -0.39 is 22.5 Å². The van der Waals surface area contributed by atoms with E-state index in [2.05, 4.69) is 4.90 Å². The number of anilines is 1. The number of halogens is 2. The lowest BCUT2D eigenvalue weighted by molar-refractivity contribution is -0.384. The van der Waals surface area contributed by atoms with Crippen molar-refractivity contribution in [2.24, 2.45) is 0 Å². The van der Waals surface area contributed by atoms with Crippen molar-refractivity contribution >= 4 is 54.7 Å². The Morgan fingerprint density at radius 2 is 1.13 bits per heavy atom. The largest absolute Gasteiger partial charge is 0.462 e. The lowest BCUT2D eigenvalue weighted by Crippen LogP contribution is -2.36. The van der Waals surface area contributed by atoms with Crippen LogP contribution in [0.5, 0.6) is 0 Å². The molecule has 0 unspecified atom stereocenters. The minimum atomic E-state index is -0.824. The fourth-order valence-electron chi connectivity index (χ4n) is 4.72. The van der Waals surface area contributed by atoms with Crippen molar-refractivity contribution in [3.63, 3.8) is 0 Å². The van der Waals surface area contributed by atoms with Gasteiger partial charge in [-0.25, -0.2) is 18.4 Å². The van der Waals surface area contributed by atoms with Gasteiger partial charge >= 0.3 is 11.9 Å². The molecule has 16 heteroatoms. The molecule has 61 heavy (non-hydrogen) atoms. The molecule has 1 saturated heterocycles. The minimum absolute atomic E-state index is 0.00407. The Morgan fingerprint density at radius 1 is 0.639 bits per heavy atom. The first-order valence-electron chi connectivity index (χ1n) is 18.4. The number of carbonyl (C=O) groups is 7. The van der Waals surface area contributed by atoms with Crippen LogP contribution in [-0.2, 0) is 14.2 Å². The number of carbonyl (C=O) groups excluding carboxylic acids is 7. The molecular weight excluding hydrogens is 798 g/mol. The number of nitro benzene ring substituents is 1. The molecule has 0 radical (unpaired) electrons. The molecule has 0 saturated carbocycles. The zero-order chi connectivity index (χ0) is 45.0. The maximum atomic E-state index is 12.4. The molecule has 14 nitrogen and oxygen atoms in total. The van der Waals surface area contributed by atoms with E-state index in [-0.39, 0.29) is 17.2 Å². The summed E-state index contributed by atoms with van der Waals surface area (Å²) in [7, 11) is 0. The number of esters is 2. The van der Waals surface area contributed by atoms with Crippen molar-refractivity contribution in [2.75, 3.05) is 44.4 Å². The summed E-state index contributed by atoms with van der Waals surface area (Å²) in [5.41, 5.74) is 4.10. The molecular formula is C45H42F2N2O12. The number of nitro groups is 1. The second-order valence-corrected chi connectivity index (χ2v) is 12.0. The Labute approximate surface area is 349 Å². The third-order valence-corrected chi connectivity index (χ3v) is 7.83. The highest BCUT2D eigenvalue weighted by atomic mass is 19.1. The monoisotopic (exact) mass is 840 g/mol. The van der Waals surface area contributed by atoms with Crippen molar-refractivity contribution in [1.82, 2.24) is 0 Å². The molecule has 318 valence electrons. The summed E-state index contributed by atoms with van der Waals surface area (Å²) in [6.07, 6.45) is 3.28. The Morgan fingerprint density at radius 3 is 1.59 bits per heavy atom. The van der Waals surface area contributed by atoms with Gasteiger partial charge in [-0.2, -0.15) is 0 Å². The van der Waals surface area contributed by atoms with Crippen LogP contribution in [0.2, 0.25) is 0 Å². The summed E-state index contributed by atoms with van der Waals surface area (Å²) in [6.45, 7) is 7.61. The van der Waals surface area contributed by atoms with Gasteiger partial charge in [-0.3, -0.25) is 34.1 Å². The molecule has 5 aromatic carbocycles. The van der Waals surface area contributed by atoms with Crippen LogP contribution in [0.25, 0.3) is 0 Å². The standard InChI is InChI=1S/C11H13NO2.2C10H10O3.C7H4F2O.C7H5NO3/c13-9-10-1-3-11(4-2-10)12-5-7-14-8-6-12;1-2-13-10(12)9-5-3-8(7-11)4-6-9;1-2-13-10(12)9-5-3-4-8(6-9)7-11;8-6-2-1-5(4-10)7(9)3-6;9-5-6-1-3-7(4-2-6)8(10)11/h1-4,9H,5-8H2;2*3-7H,2H2,1H3;1-4H;1-5H. The van der Waals surface area contributed by atoms with Crippen LogP contribution < -0.4 is 4.90 Å². The summed E-state index contributed by atoms with van der Waals surface area (Å²) in [4.78, 5) is 85.4. The van der Waals surface area contributed by atoms with E-state index in [1.54, 1.807) is 56.3 Å². The Hall–Kier alpha value is -7.59. The number of aldehydes is 5. The van der Waals surface area contributed by atoms with Gasteiger partial charge in [0.25, 0.3) is 5.69 Å². The van der Waals surface area contributed by atoms with Crippen LogP contribution in [0.15, 0.2) is 115 Å². The van der Waals surface area contributed by atoms with E-state index in [9.17, 15) is 52.5 Å². The predicted octanol–water partition coefficient (Wildman–Crippen LogP) is 7.87. The molecule has 0 amide bonds. The van der Waals surface area contributed by atoms with Crippen molar-refractivity contribution in [3.8, 4) is 0 Å². The highest BCUT2D eigenvalue weighted by Gasteiger charge is 2.11. The maximum absolute atomic E-state index is 12.4. The topological polar surface area (TPSA) is 194 Å². The normalized spacial score (nSPS) is 11.0. The number of hydrogen-bond acceptors (Lipinski definition) is 13. The zero-order valence-electron chi connectivity index (χ0n) is 33.1. The number of morpholine rings is 1. The van der Waals surface area contributed by atoms with Gasteiger partial charge in [0.1, 0.15) is 36.8 Å². The van der Waals surface area contributed by atoms with Gasteiger partial charge in [-0.05, 0) is 86.6 Å². The van der Waals surface area contributed by atoms with Crippen molar-refractivity contribution in [1.29, 1.82) is 0 Å². The second kappa shape index (κ2) is 27.9. The Balaban J connectivity index is 0.000000264. The molecule has 1 fully saturated rings. The molecule has 1 heterocycles. The fourth-order valence-corrected chi connectivity index (χ4v) is 4.72. The molecule has 0 N–H and O–H groups in total. The average Bonchev–Trinajstić information content (AvgIpc) is 3.30. The van der Waals surface area contributed by atoms with Crippen molar-refractivity contribution in [2.45, 2.75) is 13.8 Å². The van der Waals surface area contributed by atoms with Gasteiger partial charge in [0, 0.05) is 59.2 Å². The SMILES string of the molecule is CCOC(=O)c1ccc(C=O)cc1.CCOC(=O)c1cccc(C=O)c1.O=Cc1ccc(F)cc1F.O=Cc1ccc(N2CCOCC2)cc1.O=Cc1ccc([N+](=O)[O-])cc1. The van der Waals surface area contributed by atoms with Gasteiger partial charge in [0.15, 0.2) is 6.29 Å². The number of hydrogen-bond donors (Lipinski definition) is 0. The molecule has 0 bridgehead atoms. The lowest BCUT2D eigenvalue weighted by Gasteiger charge is -2.28. The van der Waals surface area contributed by atoms with Gasteiger partial charge in [0.05, 0.1) is 48.0 Å². The van der Waals surface area contributed by atoms with E-state index in [1.165, 1.54) is 36.0 Å². The van der Waals surface area contributed by atoms with Gasteiger partial charge < -0.3 is 19.1 Å². The average molecular weight is 841 g/mol. The number of ether oxygens (including phenoxy) is 3. The highest BCUT2D eigenvalue weighted by molar-refractivity contribution is 5.91. The summed E-state index contributed by atoms with van der Waals surface area (Å²) in [6, 6.07) is 28.6. The van der Waals surface area contributed by atoms with E-state index in [1.807, 2.05) is 24.3 Å². The molecule has 0 spiro atoms. The molecule has 0 aromatic heterocycles. The summed E-state index contributed by atoms with van der Waals surface area (Å²) in [5.74, 6) is -2.26. The van der Waals surface area contributed by atoms with Crippen LogP contribution in [0, 0.1) is 21.7 Å². The number of rotatable bonds is 11. The fraction of sp³-hybridized carbons (Fsp3) is 0.178. The van der Waals surface area contributed by atoms with Crippen LogP contribution >= 0.6 is 0 Å². The van der Waals surface area contributed by atoms with Crippen molar-refractivity contribution < 1.29 is 61.5 Å². The first-order valence-corrected chi connectivity index (χ1v) is 18.4. The number of benzene rings is 5. The number of non-ortho nitro benzene ring substituents is 1. The smallest absolute Gasteiger partial charge is 0.338 e. The van der Waals surface area contributed by atoms with Crippen LogP contribution in [-0.4, -0.2) is 87.8 Å². The predicted molar refractivity (Wildman–Crippen MR) is 221 cm³/mol. The van der Waals surface area contributed by atoms with Gasteiger partial charge in [-0.1, -0.05) is 24.3 Å². The molecule has 1 aliphatic rings. The third-order valence-electron chi connectivity index (χ3n) is 7.83. The second-order valence-electron chi connectivity index (χ2n) is 12.0. The quantitative estimate of drug-likeness (QED) is 0.0540. The molecule has 5 aromatic rings. The van der Waals surface area contributed by atoms with Gasteiger partial charge in [0.2, 0.25) is 0 Å². The number of nitrogens with zero attached hydrogens (tertiary/aromatic N) is 2. The van der Waals surface area contributed by atoms with Crippen LogP contribution in [0.4, 0.5) is 20.2 Å². The van der Waals surface area contributed by atoms with E-state index in [0.717, 1.165) is 56.6 Å². The minimum Gasteiger partial charge on any atom is -0.462 e. The summed E-state index contributed by atoms with van der Waals surface area (Å²) < 4.78 is 39.3. The van der Waals surface area contributed by atoms with Crippen LogP contribution in [0.3, 0.4) is 0 Å². The molecule has 6 rings (SSSR count). The Kier molecular flexibility index (Phi) is 22.7. The third kappa shape index (κ3) is 18.3. The molecule has 0 atom stereocenters. The molecule has 0 aliphatic carbocycles. The van der Waals surface area contributed by atoms with E-state index in [4.69, 9.17) is 14.2 Å². The van der Waals surface area contributed by atoms with Crippen LogP contribution in [0.1, 0.15) is 86.4 Å². The van der Waals surface area contributed by atoms with Gasteiger partial charge in [-0.15, -0.1) is 0 Å². The lowest BCUT2D eigenvalue weighted by atomic mass is 10.1. The summed E-state index contributed by atoms with van der Waals surface area (Å²) in [5, 5.41) is 10.1. The highest BCUT2D eigenvalue weighted by Crippen LogP contribution is 2.16. The molecule has 1 aliphatic heterocycles. The first kappa shape index (κ1) is 49.6. The maximum Gasteiger partial charge on any atom is 0.338 e. The van der Waals surface area contributed by atoms with E-state index in [0.29, 0.717) is 66.0 Å². The van der Waals surface area contributed by atoms with E-state index >= 15 is 0 Å².